The first-order valence-corrected chi connectivity index (χ1v) is 11.4. The molecule has 0 fully saturated rings. The first-order valence-electron chi connectivity index (χ1n) is 11.4. The summed E-state index contributed by atoms with van der Waals surface area (Å²) in [7, 11) is 0. The van der Waals surface area contributed by atoms with Gasteiger partial charge in [0, 0.05) is 29.1 Å². The van der Waals surface area contributed by atoms with Gasteiger partial charge in [-0.3, -0.25) is 9.98 Å². The van der Waals surface area contributed by atoms with E-state index in [-0.39, 0.29) is 17.2 Å². The molecule has 3 aromatic carbocycles. The Hall–Kier alpha value is -4.20. The Morgan fingerprint density at radius 3 is 1.46 bits per heavy atom. The van der Waals surface area contributed by atoms with Crippen LogP contribution in [0.5, 0.6) is 34.5 Å². The summed E-state index contributed by atoms with van der Waals surface area (Å²) in [5.74, 6) is 0.812. The Morgan fingerprint density at radius 1 is 0.629 bits per heavy atom. The highest BCUT2D eigenvalue weighted by Gasteiger charge is 2.17. The monoisotopic (exact) mass is 478 g/mol. The molecule has 0 bridgehead atoms. The van der Waals surface area contributed by atoms with Gasteiger partial charge < -0.3 is 29.5 Å². The van der Waals surface area contributed by atoms with Crippen molar-refractivity contribution in [3.05, 3.63) is 71.3 Å². The van der Waals surface area contributed by atoms with Crippen LogP contribution in [0.25, 0.3) is 0 Å². The zero-order valence-corrected chi connectivity index (χ0v) is 20.0. The minimum absolute atomic E-state index is 0.0461. The largest absolute Gasteiger partial charge is 0.504 e. The topological polar surface area (TPSA) is 113 Å². The summed E-state index contributed by atoms with van der Waals surface area (Å²) >= 11 is 0. The Bertz CT molecular complexity index is 1130. The van der Waals surface area contributed by atoms with Gasteiger partial charge in [-0.1, -0.05) is 24.3 Å². The van der Waals surface area contributed by atoms with Crippen LogP contribution in [0.4, 0.5) is 0 Å². The summed E-state index contributed by atoms with van der Waals surface area (Å²) in [4.78, 5) is 9.05. The fourth-order valence-corrected chi connectivity index (χ4v) is 3.35. The van der Waals surface area contributed by atoms with Gasteiger partial charge in [-0.15, -0.1) is 0 Å². The molecule has 0 saturated carbocycles. The molecular weight excluding hydrogens is 448 g/mol. The summed E-state index contributed by atoms with van der Waals surface area (Å²) in [5.41, 5.74) is 1.25. The molecule has 0 aliphatic carbocycles. The van der Waals surface area contributed by atoms with E-state index in [4.69, 9.17) is 14.2 Å². The fourth-order valence-electron chi connectivity index (χ4n) is 3.35. The van der Waals surface area contributed by atoms with E-state index in [1.807, 2.05) is 20.8 Å². The molecule has 0 spiro atoms. The number of aromatic hydroxyl groups is 3. The van der Waals surface area contributed by atoms with Crippen molar-refractivity contribution in [3.63, 3.8) is 0 Å². The number of hydrogen-bond donors (Lipinski definition) is 3. The molecule has 8 nitrogen and oxygen atoms in total. The number of phenols is 3. The van der Waals surface area contributed by atoms with E-state index in [0.717, 1.165) is 0 Å². The van der Waals surface area contributed by atoms with Crippen molar-refractivity contribution in [3.8, 4) is 34.5 Å². The molecule has 35 heavy (non-hydrogen) atoms. The molecule has 0 atom stereocenters. The van der Waals surface area contributed by atoms with Crippen LogP contribution in [-0.2, 0) is 0 Å². The lowest BCUT2D eigenvalue weighted by Crippen LogP contribution is -2.00. The lowest BCUT2D eigenvalue weighted by Gasteiger charge is -2.14. The van der Waals surface area contributed by atoms with Crippen LogP contribution in [0.15, 0.2) is 64.6 Å². The maximum Gasteiger partial charge on any atom is 0.168 e. The van der Waals surface area contributed by atoms with E-state index in [2.05, 4.69) is 9.98 Å². The van der Waals surface area contributed by atoms with E-state index in [0.29, 0.717) is 53.8 Å². The van der Waals surface area contributed by atoms with Crippen molar-refractivity contribution in [2.75, 3.05) is 19.8 Å². The Labute approximate surface area is 204 Å². The number of para-hydroxylation sites is 3. The molecule has 0 radical (unpaired) electrons. The van der Waals surface area contributed by atoms with Crippen molar-refractivity contribution in [2.45, 2.75) is 26.9 Å². The van der Waals surface area contributed by atoms with Crippen molar-refractivity contribution >= 4 is 12.4 Å². The van der Waals surface area contributed by atoms with Crippen LogP contribution in [0.1, 0.15) is 43.6 Å². The van der Waals surface area contributed by atoms with Gasteiger partial charge >= 0.3 is 0 Å². The summed E-state index contributed by atoms with van der Waals surface area (Å²) < 4.78 is 16.4. The quantitative estimate of drug-likeness (QED) is 0.325. The summed E-state index contributed by atoms with van der Waals surface area (Å²) in [6.07, 6.45) is 2.02. The van der Waals surface area contributed by atoms with Crippen LogP contribution >= 0.6 is 0 Å². The summed E-state index contributed by atoms with van der Waals surface area (Å²) in [5, 5.41) is 31.9. The number of hydrogen-bond acceptors (Lipinski definition) is 8. The average molecular weight is 479 g/mol. The van der Waals surface area contributed by atoms with Gasteiger partial charge in [-0.05, 0) is 51.1 Å². The Balaban J connectivity index is 2.03. The lowest BCUT2D eigenvalue weighted by atomic mass is 10.1. The van der Waals surface area contributed by atoms with Gasteiger partial charge in [0.1, 0.15) is 0 Å². The molecule has 0 saturated heterocycles. The maximum atomic E-state index is 10.8. The molecule has 0 unspecified atom stereocenters. The highest BCUT2D eigenvalue weighted by molar-refractivity contribution is 5.86. The SMILES string of the molecule is CCOc1cccc(C=NC(N=Cc2cccc(OCC)c2O)c2cccc(OCC)c2O)c1O. The molecule has 184 valence electrons. The van der Waals surface area contributed by atoms with Crippen LogP contribution in [0.3, 0.4) is 0 Å². The predicted molar refractivity (Wildman–Crippen MR) is 136 cm³/mol. The molecule has 0 aliphatic rings. The average Bonchev–Trinajstić information content (AvgIpc) is 2.85. The number of aliphatic imine (C=N–C) groups is 2. The van der Waals surface area contributed by atoms with Crippen LogP contribution in [0, 0.1) is 0 Å². The van der Waals surface area contributed by atoms with E-state index >= 15 is 0 Å². The first kappa shape index (κ1) is 25.4. The van der Waals surface area contributed by atoms with Gasteiger partial charge in [0.15, 0.2) is 40.7 Å². The normalized spacial score (nSPS) is 12.2. The van der Waals surface area contributed by atoms with Crippen molar-refractivity contribution in [2.24, 2.45) is 9.98 Å². The third-order valence-corrected chi connectivity index (χ3v) is 4.98. The Kier molecular flexibility index (Phi) is 8.95. The molecule has 8 heteroatoms. The second-order valence-corrected chi connectivity index (χ2v) is 7.31. The number of benzene rings is 3. The minimum Gasteiger partial charge on any atom is -0.504 e. The van der Waals surface area contributed by atoms with Crippen molar-refractivity contribution in [1.82, 2.24) is 0 Å². The molecule has 3 rings (SSSR count). The second-order valence-electron chi connectivity index (χ2n) is 7.31. The number of ether oxygens (including phenoxy) is 3. The molecule has 0 heterocycles. The van der Waals surface area contributed by atoms with Gasteiger partial charge in [0.2, 0.25) is 0 Å². The van der Waals surface area contributed by atoms with E-state index in [9.17, 15) is 15.3 Å². The number of rotatable bonds is 11. The molecule has 3 aromatic rings. The number of nitrogens with zero attached hydrogens (tertiary/aromatic N) is 2. The van der Waals surface area contributed by atoms with E-state index in [1.165, 1.54) is 12.4 Å². The van der Waals surface area contributed by atoms with Crippen LogP contribution in [-0.4, -0.2) is 47.6 Å². The molecule has 0 aliphatic heterocycles. The number of phenolic OH excluding ortho intramolecular Hbond substituents is 3. The standard InChI is InChI=1S/C27H30N2O6/c1-4-33-21-13-7-10-18(24(21)30)16-28-27(20-12-9-15-23(26(20)32)35-6-3)29-17-19-11-8-14-22(25(19)31)34-5-2/h7-17,27,30-32H,4-6H2,1-3H3. The van der Waals surface area contributed by atoms with Crippen molar-refractivity contribution in [1.29, 1.82) is 0 Å². The predicted octanol–water partition coefficient (Wildman–Crippen LogP) is 5.24. The molecule has 3 N–H and O–H groups in total. The van der Waals surface area contributed by atoms with Gasteiger partial charge in [0.25, 0.3) is 0 Å². The second kappa shape index (κ2) is 12.3. The molecular formula is C27H30N2O6. The third kappa shape index (κ3) is 6.23. The van der Waals surface area contributed by atoms with Crippen LogP contribution < -0.4 is 14.2 Å². The zero-order chi connectivity index (χ0) is 25.2. The summed E-state index contributed by atoms with van der Waals surface area (Å²) in [6, 6.07) is 15.3. The minimum atomic E-state index is -0.902. The smallest absolute Gasteiger partial charge is 0.168 e. The fraction of sp³-hybridized carbons (Fsp3) is 0.259. The highest BCUT2D eigenvalue weighted by Crippen LogP contribution is 2.37. The van der Waals surface area contributed by atoms with Gasteiger partial charge in [-0.2, -0.15) is 0 Å². The van der Waals surface area contributed by atoms with Gasteiger partial charge in [-0.25, -0.2) is 0 Å². The lowest BCUT2D eigenvalue weighted by molar-refractivity contribution is 0.316. The molecule has 0 amide bonds. The van der Waals surface area contributed by atoms with Crippen LogP contribution in [0.2, 0.25) is 0 Å². The highest BCUT2D eigenvalue weighted by atomic mass is 16.5. The zero-order valence-electron chi connectivity index (χ0n) is 20.0. The molecule has 0 aromatic heterocycles. The van der Waals surface area contributed by atoms with Crippen molar-refractivity contribution < 1.29 is 29.5 Å². The first-order chi connectivity index (χ1) is 17.0. The van der Waals surface area contributed by atoms with Gasteiger partial charge in [0.05, 0.1) is 19.8 Å². The summed E-state index contributed by atoms with van der Waals surface area (Å²) in [6.45, 7) is 6.67. The maximum absolute atomic E-state index is 10.8. The Morgan fingerprint density at radius 2 is 1.03 bits per heavy atom. The van der Waals surface area contributed by atoms with E-state index in [1.54, 1.807) is 54.6 Å². The third-order valence-electron chi connectivity index (χ3n) is 4.98. The van der Waals surface area contributed by atoms with E-state index < -0.39 is 6.17 Å².